The first-order valence-corrected chi connectivity index (χ1v) is 17.7. The van der Waals surface area contributed by atoms with Crippen LogP contribution >= 0.6 is 0 Å². The molecule has 1 heteroatoms. The second-order valence-electron chi connectivity index (χ2n) is 13.4. The zero-order chi connectivity index (χ0) is 46.9. The number of hydrogen-bond donors (Lipinski definition) is 0. The lowest BCUT2D eigenvalue weighted by molar-refractivity contribution is 0.670. The summed E-state index contributed by atoms with van der Waals surface area (Å²) in [6.45, 7) is 0. The molecular formula is C53H34O. The molecule has 0 aliphatic heterocycles. The molecule has 0 saturated heterocycles. The monoisotopic (exact) mass is 699 g/mol. The van der Waals surface area contributed by atoms with Gasteiger partial charge in [-0.2, -0.15) is 0 Å². The Kier molecular flexibility index (Phi) is 4.64. The molecule has 1 heterocycles. The normalized spacial score (nSPS) is 15.1. The van der Waals surface area contributed by atoms with Gasteiger partial charge in [-0.05, 0) is 107 Å². The van der Waals surface area contributed by atoms with Crippen LogP contribution in [0.25, 0.3) is 98.4 Å². The Morgan fingerprint density at radius 3 is 1.81 bits per heavy atom. The lowest BCUT2D eigenvalue weighted by atomic mass is 9.86. The molecule has 54 heavy (non-hydrogen) atoms. The first-order chi connectivity index (χ1) is 32.2. The zero-order valence-corrected chi connectivity index (χ0v) is 28.6. The molecule has 10 aromatic carbocycles. The molecule has 0 amide bonds. The number of hydrogen-bond acceptors (Lipinski definition) is 1. The van der Waals surface area contributed by atoms with Crippen molar-refractivity contribution in [1.29, 1.82) is 0 Å². The summed E-state index contributed by atoms with van der Waals surface area (Å²) in [5.74, 6) is 0. The first-order valence-electron chi connectivity index (χ1n) is 24.2. The Bertz CT molecular complexity index is 3890. The SMILES string of the molecule is [2H]c1c([2H])c([2H])c(Cc2c3c([2H])c([2H])c([2H])c([2H])c3c(-c3ccc4cc(-c5cccc6c5oc5cccc(-c7cccc8ccccc78)c56)ccc4c3)c3c([2H])c([2H])c([2H])c([2H])c23)c([2H])c1[2H]. The summed E-state index contributed by atoms with van der Waals surface area (Å²) in [5.41, 5.74) is 5.77. The van der Waals surface area contributed by atoms with Crippen LogP contribution in [0, 0.1) is 0 Å². The number of benzene rings is 10. The molecule has 11 aromatic rings. The first kappa shape index (κ1) is 20.3. The van der Waals surface area contributed by atoms with Crippen LogP contribution in [0.4, 0.5) is 0 Å². The van der Waals surface area contributed by atoms with Gasteiger partial charge in [-0.25, -0.2) is 0 Å². The lowest BCUT2D eigenvalue weighted by Crippen LogP contribution is -1.95. The average Bonchev–Trinajstić information content (AvgIpc) is 3.74. The Morgan fingerprint density at radius 2 is 1.02 bits per heavy atom. The molecule has 0 fully saturated rings. The van der Waals surface area contributed by atoms with E-state index in [1.54, 1.807) is 6.07 Å². The highest BCUT2D eigenvalue weighted by Gasteiger charge is 2.19. The lowest BCUT2D eigenvalue weighted by Gasteiger charge is -2.18. The van der Waals surface area contributed by atoms with Crippen LogP contribution in [-0.4, -0.2) is 0 Å². The fourth-order valence-electron chi connectivity index (χ4n) is 8.04. The molecule has 11 rings (SSSR count). The van der Waals surface area contributed by atoms with Gasteiger partial charge in [0.25, 0.3) is 0 Å². The van der Waals surface area contributed by atoms with E-state index in [-0.39, 0.29) is 38.2 Å². The molecule has 0 aliphatic rings. The summed E-state index contributed by atoms with van der Waals surface area (Å²) in [6.07, 6.45) is -0.490. The Morgan fingerprint density at radius 1 is 0.426 bits per heavy atom. The van der Waals surface area contributed by atoms with Gasteiger partial charge in [-0.1, -0.05) is 176 Å². The molecule has 252 valence electrons. The Hall–Kier alpha value is -6.96. The third-order valence-electron chi connectivity index (χ3n) is 10.4. The Balaban J connectivity index is 1.13. The van der Waals surface area contributed by atoms with Gasteiger partial charge in [0.1, 0.15) is 11.2 Å². The number of rotatable bonds is 5. The maximum absolute atomic E-state index is 9.31. The zero-order valence-electron chi connectivity index (χ0n) is 41.6. The topological polar surface area (TPSA) is 13.1 Å². The highest BCUT2D eigenvalue weighted by atomic mass is 16.3. The number of furan rings is 1. The van der Waals surface area contributed by atoms with Crippen LogP contribution in [0.5, 0.6) is 0 Å². The van der Waals surface area contributed by atoms with E-state index in [0.29, 0.717) is 5.56 Å². The standard InChI is InChI=1S/C53H34O/c1-2-13-34(14-3-1)31-49-43-18-6-8-20-45(43)51(46-21-9-7-19-44(46)49)39-30-28-36-32-38(29-27-37(36)33-39)41-22-11-25-48-52-47(24-12-26-50(52)54-53(41)48)42-23-10-16-35-15-4-5-17-40(35)42/h1-30,32-33H,31H2/i1D,2D,3D,6D,7D,8D,9D,13D,14D,18D,19D,20D,21D. The van der Waals surface area contributed by atoms with E-state index in [1.807, 2.05) is 66.7 Å². The van der Waals surface area contributed by atoms with Gasteiger partial charge >= 0.3 is 0 Å². The summed E-state index contributed by atoms with van der Waals surface area (Å²) in [6, 6.07) is 31.1. The Labute approximate surface area is 331 Å². The van der Waals surface area contributed by atoms with Crippen molar-refractivity contribution >= 4 is 65.0 Å². The predicted octanol–water partition coefficient (Wildman–Crippen LogP) is 14.8. The highest BCUT2D eigenvalue weighted by Crippen LogP contribution is 2.44. The van der Waals surface area contributed by atoms with Crippen molar-refractivity contribution < 1.29 is 22.2 Å². The minimum Gasteiger partial charge on any atom is -0.455 e. The smallest absolute Gasteiger partial charge is 0.143 e. The second-order valence-corrected chi connectivity index (χ2v) is 13.4. The summed E-state index contributed by atoms with van der Waals surface area (Å²) >= 11 is 0. The maximum atomic E-state index is 9.31. The van der Waals surface area contributed by atoms with Crippen LogP contribution in [0.3, 0.4) is 0 Å². The van der Waals surface area contributed by atoms with Crippen molar-refractivity contribution in [3.63, 3.8) is 0 Å². The van der Waals surface area contributed by atoms with Gasteiger partial charge in [0, 0.05) is 16.3 Å². The maximum Gasteiger partial charge on any atom is 0.143 e. The molecule has 0 aliphatic carbocycles. The summed E-state index contributed by atoms with van der Waals surface area (Å²) in [7, 11) is 0. The van der Waals surface area contributed by atoms with Gasteiger partial charge in [-0.3, -0.25) is 0 Å². The molecule has 0 N–H and O–H groups in total. The van der Waals surface area contributed by atoms with Crippen LogP contribution < -0.4 is 0 Å². The van der Waals surface area contributed by atoms with Gasteiger partial charge in [0.2, 0.25) is 0 Å². The van der Waals surface area contributed by atoms with Crippen molar-refractivity contribution in [2.45, 2.75) is 6.42 Å². The molecule has 0 radical (unpaired) electrons. The van der Waals surface area contributed by atoms with Crippen molar-refractivity contribution in [3.8, 4) is 33.4 Å². The van der Waals surface area contributed by atoms with Crippen molar-refractivity contribution in [2.75, 3.05) is 0 Å². The second kappa shape index (κ2) is 12.3. The summed E-state index contributed by atoms with van der Waals surface area (Å²) in [4.78, 5) is 0. The molecule has 0 bridgehead atoms. The molecule has 0 unspecified atom stereocenters. The minimum absolute atomic E-state index is 0.0132. The van der Waals surface area contributed by atoms with Gasteiger partial charge in [0.15, 0.2) is 0 Å². The van der Waals surface area contributed by atoms with Crippen LogP contribution in [0.2, 0.25) is 0 Å². The van der Waals surface area contributed by atoms with E-state index < -0.39 is 85.0 Å². The third kappa shape index (κ3) is 4.86. The average molecular weight is 700 g/mol. The summed E-state index contributed by atoms with van der Waals surface area (Å²) in [5, 5.41) is 5.61. The van der Waals surface area contributed by atoms with Crippen molar-refractivity contribution in [3.05, 3.63) is 205 Å². The molecule has 1 aromatic heterocycles. The van der Waals surface area contributed by atoms with E-state index in [1.165, 1.54) is 0 Å². The predicted molar refractivity (Wildman–Crippen MR) is 229 cm³/mol. The molecule has 1 nitrogen and oxygen atoms in total. The van der Waals surface area contributed by atoms with E-state index in [2.05, 4.69) is 42.5 Å². The quantitative estimate of drug-likeness (QED) is 0.163. The fraction of sp³-hybridized carbons (Fsp3) is 0.0189. The third-order valence-corrected chi connectivity index (χ3v) is 10.4. The van der Waals surface area contributed by atoms with Gasteiger partial charge in [0.05, 0.1) is 17.8 Å². The number of fused-ring (bicyclic) bond motifs is 7. The van der Waals surface area contributed by atoms with E-state index in [4.69, 9.17) is 16.8 Å². The van der Waals surface area contributed by atoms with Crippen molar-refractivity contribution in [1.82, 2.24) is 0 Å². The highest BCUT2D eigenvalue weighted by molar-refractivity contribution is 6.18. The molecule has 0 spiro atoms. The largest absolute Gasteiger partial charge is 0.455 e. The molecule has 0 saturated carbocycles. The van der Waals surface area contributed by atoms with E-state index in [0.717, 1.165) is 65.7 Å². The van der Waals surface area contributed by atoms with Crippen molar-refractivity contribution in [2.24, 2.45) is 0 Å². The number of para-hydroxylation sites is 1. The van der Waals surface area contributed by atoms with Gasteiger partial charge < -0.3 is 4.42 Å². The van der Waals surface area contributed by atoms with E-state index >= 15 is 0 Å². The fourth-order valence-corrected chi connectivity index (χ4v) is 8.04. The molecular weight excluding hydrogens is 653 g/mol. The summed E-state index contributed by atoms with van der Waals surface area (Å²) < 4.78 is 121. The van der Waals surface area contributed by atoms with Crippen LogP contribution in [0.1, 0.15) is 28.9 Å². The molecule has 0 atom stereocenters. The van der Waals surface area contributed by atoms with Crippen LogP contribution in [0.15, 0.2) is 198 Å². The van der Waals surface area contributed by atoms with Gasteiger partial charge in [-0.15, -0.1) is 0 Å². The minimum atomic E-state index is -0.617. The van der Waals surface area contributed by atoms with Crippen LogP contribution in [-0.2, 0) is 6.42 Å². The van der Waals surface area contributed by atoms with E-state index in [9.17, 15) is 5.48 Å².